The molecule has 2 aromatic carbocycles. The van der Waals surface area contributed by atoms with Crippen molar-refractivity contribution < 1.29 is 19.8 Å². The molecule has 0 spiro atoms. The summed E-state index contributed by atoms with van der Waals surface area (Å²) in [5, 5.41) is 19.5. The van der Waals surface area contributed by atoms with Crippen molar-refractivity contribution >= 4 is 17.5 Å². The third kappa shape index (κ3) is 5.60. The fraction of sp³-hybridized carbons (Fsp3) is 0.440. The Morgan fingerprint density at radius 3 is 2.53 bits per heavy atom. The van der Waals surface area contributed by atoms with Gasteiger partial charge in [0, 0.05) is 57.6 Å². The van der Waals surface area contributed by atoms with Crippen LogP contribution in [0.1, 0.15) is 29.5 Å². The second-order valence-electron chi connectivity index (χ2n) is 9.17. The van der Waals surface area contributed by atoms with Gasteiger partial charge in [-0.25, -0.2) is 0 Å². The van der Waals surface area contributed by atoms with Crippen molar-refractivity contribution in [2.75, 3.05) is 37.6 Å². The first kappa shape index (κ1) is 23.8. The second-order valence-corrected chi connectivity index (χ2v) is 9.17. The van der Waals surface area contributed by atoms with Crippen molar-refractivity contribution in [3.63, 3.8) is 0 Å². The Kier molecular flexibility index (Phi) is 7.23. The second kappa shape index (κ2) is 10.3. The van der Waals surface area contributed by atoms with Crippen molar-refractivity contribution in [2.24, 2.45) is 11.5 Å². The summed E-state index contributed by atoms with van der Waals surface area (Å²) in [6, 6.07) is 10.4. The molecule has 0 aliphatic carbocycles. The van der Waals surface area contributed by atoms with E-state index in [0.29, 0.717) is 26.1 Å². The van der Waals surface area contributed by atoms with E-state index in [1.807, 2.05) is 0 Å². The zero-order valence-corrected chi connectivity index (χ0v) is 19.3. The molecule has 182 valence electrons. The van der Waals surface area contributed by atoms with Crippen LogP contribution in [-0.2, 0) is 29.1 Å². The Bertz CT molecular complexity index is 1060. The van der Waals surface area contributed by atoms with Crippen LogP contribution in [0.4, 0.5) is 5.69 Å². The van der Waals surface area contributed by atoms with E-state index < -0.39 is 11.9 Å². The topological polar surface area (TPSA) is 136 Å². The number of phenolic OH excluding ortho intramolecular Hbond substituents is 2. The van der Waals surface area contributed by atoms with Crippen LogP contribution in [0.5, 0.6) is 11.5 Å². The van der Waals surface area contributed by atoms with E-state index in [-0.39, 0.29) is 23.8 Å². The maximum atomic E-state index is 12.6. The number of nitrogens with two attached hydrogens (primary N) is 2. The molecular weight excluding hydrogens is 434 g/mol. The summed E-state index contributed by atoms with van der Waals surface area (Å²) in [5.41, 5.74) is 15.6. The van der Waals surface area contributed by atoms with Gasteiger partial charge < -0.3 is 31.5 Å². The Labute approximate surface area is 199 Å². The fourth-order valence-electron chi connectivity index (χ4n) is 4.78. The zero-order valence-electron chi connectivity index (χ0n) is 19.3. The SMILES string of the molecule is NC(=O)C[C@H](N)C(=O)N1CCCN(c2ccc3c(c2)CN(CCc2ccc(O)cc2O)C3)CC1. The molecule has 1 atom stereocenters. The molecule has 9 heteroatoms. The molecule has 6 N–H and O–H groups in total. The first-order chi connectivity index (χ1) is 16.3. The molecule has 2 aliphatic rings. The monoisotopic (exact) mass is 467 g/mol. The summed E-state index contributed by atoms with van der Waals surface area (Å²) in [6.45, 7) is 5.26. The highest BCUT2D eigenvalue weighted by Gasteiger charge is 2.26. The molecule has 0 bridgehead atoms. The predicted octanol–water partition coefficient (Wildman–Crippen LogP) is 0.897. The van der Waals surface area contributed by atoms with Crippen LogP contribution >= 0.6 is 0 Å². The molecule has 2 amide bonds. The van der Waals surface area contributed by atoms with Crippen LogP contribution in [0.3, 0.4) is 0 Å². The highest BCUT2D eigenvalue weighted by molar-refractivity contribution is 5.87. The zero-order chi connectivity index (χ0) is 24.2. The number of aromatic hydroxyl groups is 2. The third-order valence-corrected chi connectivity index (χ3v) is 6.66. The highest BCUT2D eigenvalue weighted by atomic mass is 16.3. The Morgan fingerprint density at radius 1 is 0.971 bits per heavy atom. The number of carbonyl (C=O) groups is 2. The average molecular weight is 468 g/mol. The van der Waals surface area contributed by atoms with Crippen molar-refractivity contribution in [1.29, 1.82) is 0 Å². The van der Waals surface area contributed by atoms with Crippen LogP contribution in [0.25, 0.3) is 0 Å². The van der Waals surface area contributed by atoms with E-state index in [1.54, 1.807) is 17.0 Å². The van der Waals surface area contributed by atoms with Gasteiger partial charge in [-0.05, 0) is 47.7 Å². The molecule has 0 saturated carbocycles. The molecule has 1 saturated heterocycles. The number of nitrogens with zero attached hydrogens (tertiary/aromatic N) is 3. The summed E-state index contributed by atoms with van der Waals surface area (Å²) in [6.07, 6.45) is 1.40. The largest absolute Gasteiger partial charge is 0.508 e. The molecule has 2 aromatic rings. The molecule has 9 nitrogen and oxygen atoms in total. The summed E-state index contributed by atoms with van der Waals surface area (Å²) in [5.74, 6) is -0.589. The molecular formula is C25H33N5O4. The normalized spacial score (nSPS) is 17.3. The molecule has 4 rings (SSSR count). The summed E-state index contributed by atoms with van der Waals surface area (Å²) in [4.78, 5) is 30.0. The van der Waals surface area contributed by atoms with Gasteiger partial charge in [-0.2, -0.15) is 0 Å². The lowest BCUT2D eigenvalue weighted by molar-refractivity contribution is -0.134. The lowest BCUT2D eigenvalue weighted by Gasteiger charge is -2.25. The minimum absolute atomic E-state index is 0.0665. The number of rotatable bonds is 7. The van der Waals surface area contributed by atoms with Gasteiger partial charge in [0.25, 0.3) is 0 Å². The van der Waals surface area contributed by atoms with Gasteiger partial charge in [-0.1, -0.05) is 12.1 Å². The van der Waals surface area contributed by atoms with Gasteiger partial charge >= 0.3 is 0 Å². The predicted molar refractivity (Wildman–Crippen MR) is 129 cm³/mol. The van der Waals surface area contributed by atoms with E-state index in [9.17, 15) is 19.8 Å². The van der Waals surface area contributed by atoms with E-state index >= 15 is 0 Å². The molecule has 2 aliphatic heterocycles. The maximum Gasteiger partial charge on any atom is 0.240 e. The number of benzene rings is 2. The van der Waals surface area contributed by atoms with Crippen molar-refractivity contribution in [3.05, 3.63) is 53.1 Å². The summed E-state index contributed by atoms with van der Waals surface area (Å²) < 4.78 is 0. The van der Waals surface area contributed by atoms with Crippen molar-refractivity contribution in [1.82, 2.24) is 9.80 Å². The van der Waals surface area contributed by atoms with Gasteiger partial charge in [0.15, 0.2) is 0 Å². The molecule has 0 unspecified atom stereocenters. The van der Waals surface area contributed by atoms with Gasteiger partial charge in [0.2, 0.25) is 11.8 Å². The number of hydrogen-bond acceptors (Lipinski definition) is 7. The van der Waals surface area contributed by atoms with Gasteiger partial charge in [0.05, 0.1) is 12.5 Å². The minimum atomic E-state index is -0.876. The van der Waals surface area contributed by atoms with E-state index in [2.05, 4.69) is 28.0 Å². The van der Waals surface area contributed by atoms with Gasteiger partial charge in [0.1, 0.15) is 11.5 Å². The van der Waals surface area contributed by atoms with Gasteiger partial charge in [-0.15, -0.1) is 0 Å². The first-order valence-electron chi connectivity index (χ1n) is 11.7. The lowest BCUT2D eigenvalue weighted by atomic mass is 10.1. The number of amides is 2. The smallest absolute Gasteiger partial charge is 0.240 e. The Balaban J connectivity index is 1.33. The Hall–Kier alpha value is -3.30. The standard InChI is InChI=1S/C25H33N5O4/c26-22(14-24(27)33)25(34)30-8-1-7-29(10-11-30)20-4-2-18-15-28(16-19(18)12-20)9-6-17-3-5-21(31)13-23(17)32/h2-5,12-13,22,31-32H,1,6-11,14-16,26H2,(H2,27,33)/t22-/m0/s1. The van der Waals surface area contributed by atoms with E-state index in [4.69, 9.17) is 11.5 Å². The Morgan fingerprint density at radius 2 is 1.76 bits per heavy atom. The number of primary amides is 1. The van der Waals surface area contributed by atoms with Crippen molar-refractivity contribution in [2.45, 2.75) is 38.4 Å². The molecule has 34 heavy (non-hydrogen) atoms. The van der Waals surface area contributed by atoms with Crippen LogP contribution < -0.4 is 16.4 Å². The van der Waals surface area contributed by atoms with E-state index in [0.717, 1.165) is 43.9 Å². The van der Waals surface area contributed by atoms with Crippen LogP contribution in [0, 0.1) is 0 Å². The van der Waals surface area contributed by atoms with Crippen molar-refractivity contribution in [3.8, 4) is 11.5 Å². The van der Waals surface area contributed by atoms with Crippen LogP contribution in [-0.4, -0.2) is 70.6 Å². The van der Waals surface area contributed by atoms with Crippen LogP contribution in [0.15, 0.2) is 36.4 Å². The summed E-state index contributed by atoms with van der Waals surface area (Å²) >= 11 is 0. The molecule has 1 fully saturated rings. The average Bonchev–Trinajstić information content (AvgIpc) is 3.03. The fourth-order valence-corrected chi connectivity index (χ4v) is 4.78. The number of phenols is 2. The molecule has 0 radical (unpaired) electrons. The number of hydrogen-bond donors (Lipinski definition) is 4. The third-order valence-electron chi connectivity index (χ3n) is 6.66. The quantitative estimate of drug-likeness (QED) is 0.475. The minimum Gasteiger partial charge on any atom is -0.508 e. The molecule has 2 heterocycles. The first-order valence-corrected chi connectivity index (χ1v) is 11.7. The number of fused-ring (bicyclic) bond motifs is 1. The highest BCUT2D eigenvalue weighted by Crippen LogP contribution is 2.29. The molecule has 0 aromatic heterocycles. The number of anilines is 1. The lowest BCUT2D eigenvalue weighted by Crippen LogP contribution is -2.46. The van der Waals surface area contributed by atoms with Gasteiger partial charge in [-0.3, -0.25) is 14.5 Å². The maximum absolute atomic E-state index is 12.6. The number of carbonyl (C=O) groups excluding carboxylic acids is 2. The van der Waals surface area contributed by atoms with E-state index in [1.165, 1.54) is 17.2 Å². The van der Waals surface area contributed by atoms with Crippen LogP contribution in [0.2, 0.25) is 0 Å². The summed E-state index contributed by atoms with van der Waals surface area (Å²) in [7, 11) is 0.